The maximum absolute atomic E-state index is 5.92. The first-order valence-electron chi connectivity index (χ1n) is 9.82. The van der Waals surface area contributed by atoms with Crippen LogP contribution in [0.5, 0.6) is 11.5 Å². The van der Waals surface area contributed by atoms with E-state index < -0.39 is 0 Å². The van der Waals surface area contributed by atoms with Crippen LogP contribution < -0.4 is 9.47 Å². The van der Waals surface area contributed by atoms with Gasteiger partial charge in [0.1, 0.15) is 24.7 Å². The van der Waals surface area contributed by atoms with Crippen LogP contribution in [0.3, 0.4) is 0 Å². The predicted octanol–water partition coefficient (Wildman–Crippen LogP) is 3.81. The SMILES string of the molecule is c1cnn(CCOc2ccc3c(c2)Cc2cc(OCCn4cccn4)ccc2-3)c1. The first-order chi connectivity index (χ1) is 14.3. The van der Waals surface area contributed by atoms with Crippen molar-refractivity contribution in [2.45, 2.75) is 19.5 Å². The molecular formula is C23H22N4O2. The highest BCUT2D eigenvalue weighted by atomic mass is 16.5. The van der Waals surface area contributed by atoms with Crippen LogP contribution in [0, 0.1) is 0 Å². The van der Waals surface area contributed by atoms with Crippen molar-refractivity contribution < 1.29 is 9.47 Å². The molecule has 1 aliphatic rings. The third-order valence-electron chi connectivity index (χ3n) is 5.12. The molecular weight excluding hydrogens is 364 g/mol. The molecule has 2 heterocycles. The lowest BCUT2D eigenvalue weighted by Gasteiger charge is -2.09. The Morgan fingerprint density at radius 2 is 1.24 bits per heavy atom. The molecule has 0 saturated carbocycles. The monoisotopic (exact) mass is 386 g/mol. The van der Waals surface area contributed by atoms with E-state index in [0.29, 0.717) is 13.2 Å². The summed E-state index contributed by atoms with van der Waals surface area (Å²) in [7, 11) is 0. The molecule has 0 fully saturated rings. The lowest BCUT2D eigenvalue weighted by atomic mass is 10.1. The van der Waals surface area contributed by atoms with Gasteiger partial charge in [-0.15, -0.1) is 0 Å². The van der Waals surface area contributed by atoms with Crippen molar-refractivity contribution in [2.75, 3.05) is 13.2 Å². The summed E-state index contributed by atoms with van der Waals surface area (Å²) in [4.78, 5) is 0. The van der Waals surface area contributed by atoms with E-state index in [0.717, 1.165) is 31.0 Å². The van der Waals surface area contributed by atoms with E-state index in [2.05, 4.69) is 34.5 Å². The molecule has 1 aliphatic carbocycles. The normalized spacial score (nSPS) is 11.9. The van der Waals surface area contributed by atoms with Gasteiger partial charge in [-0.25, -0.2) is 0 Å². The predicted molar refractivity (Wildman–Crippen MR) is 110 cm³/mol. The Labute approximate surface area is 169 Å². The molecule has 0 radical (unpaired) electrons. The van der Waals surface area contributed by atoms with Crippen molar-refractivity contribution in [3.8, 4) is 22.6 Å². The summed E-state index contributed by atoms with van der Waals surface area (Å²) in [6.45, 7) is 2.68. The highest BCUT2D eigenvalue weighted by Crippen LogP contribution is 2.39. The van der Waals surface area contributed by atoms with Crippen LogP contribution in [0.25, 0.3) is 11.1 Å². The number of nitrogens with zero attached hydrogens (tertiary/aromatic N) is 4. The minimum absolute atomic E-state index is 0.599. The van der Waals surface area contributed by atoms with Crippen molar-refractivity contribution in [2.24, 2.45) is 0 Å². The second-order valence-corrected chi connectivity index (χ2v) is 7.05. The van der Waals surface area contributed by atoms with Crippen LogP contribution in [-0.4, -0.2) is 32.8 Å². The van der Waals surface area contributed by atoms with E-state index in [4.69, 9.17) is 9.47 Å². The van der Waals surface area contributed by atoms with Crippen molar-refractivity contribution in [3.05, 3.63) is 84.4 Å². The molecule has 29 heavy (non-hydrogen) atoms. The van der Waals surface area contributed by atoms with Gasteiger partial charge < -0.3 is 9.47 Å². The van der Waals surface area contributed by atoms with Crippen LogP contribution in [-0.2, 0) is 19.5 Å². The first kappa shape index (κ1) is 17.6. The van der Waals surface area contributed by atoms with Crippen molar-refractivity contribution in [1.29, 1.82) is 0 Å². The third-order valence-corrected chi connectivity index (χ3v) is 5.12. The van der Waals surface area contributed by atoms with E-state index >= 15 is 0 Å². The fraction of sp³-hybridized carbons (Fsp3) is 0.217. The zero-order chi connectivity index (χ0) is 19.5. The zero-order valence-corrected chi connectivity index (χ0v) is 16.1. The molecule has 0 spiro atoms. The Kier molecular flexibility index (Phi) is 4.74. The fourth-order valence-electron chi connectivity index (χ4n) is 3.72. The van der Waals surface area contributed by atoms with Gasteiger partial charge in [-0.2, -0.15) is 10.2 Å². The minimum Gasteiger partial charge on any atom is -0.492 e. The van der Waals surface area contributed by atoms with E-state index in [1.54, 1.807) is 12.4 Å². The molecule has 0 saturated heterocycles. The quantitative estimate of drug-likeness (QED) is 0.407. The van der Waals surface area contributed by atoms with Crippen molar-refractivity contribution in [1.82, 2.24) is 19.6 Å². The maximum Gasteiger partial charge on any atom is 0.119 e. The van der Waals surface area contributed by atoms with Gasteiger partial charge in [-0.05, 0) is 65.1 Å². The van der Waals surface area contributed by atoms with Crippen LogP contribution >= 0.6 is 0 Å². The molecule has 0 N–H and O–H groups in total. The average Bonchev–Trinajstić information content (AvgIpc) is 3.48. The molecule has 4 aromatic rings. The van der Waals surface area contributed by atoms with Gasteiger partial charge in [0.15, 0.2) is 0 Å². The summed E-state index contributed by atoms with van der Waals surface area (Å²) in [6.07, 6.45) is 8.34. The number of rotatable bonds is 8. The highest BCUT2D eigenvalue weighted by molar-refractivity contribution is 5.78. The van der Waals surface area contributed by atoms with Gasteiger partial charge in [0, 0.05) is 24.8 Å². The Balaban J connectivity index is 1.21. The summed E-state index contributed by atoms with van der Waals surface area (Å²) >= 11 is 0. The summed E-state index contributed by atoms with van der Waals surface area (Å²) in [5, 5.41) is 8.39. The molecule has 0 bridgehead atoms. The number of fused-ring (bicyclic) bond motifs is 3. The molecule has 2 aromatic heterocycles. The number of ether oxygens (including phenoxy) is 2. The molecule has 5 rings (SSSR count). The third kappa shape index (κ3) is 3.87. The number of aromatic nitrogens is 4. The maximum atomic E-state index is 5.92. The summed E-state index contributed by atoms with van der Waals surface area (Å²) in [6, 6.07) is 16.5. The Morgan fingerprint density at radius 3 is 1.69 bits per heavy atom. The van der Waals surface area contributed by atoms with Crippen LogP contribution in [0.1, 0.15) is 11.1 Å². The summed E-state index contributed by atoms with van der Waals surface area (Å²) in [5.41, 5.74) is 5.15. The largest absolute Gasteiger partial charge is 0.492 e. The van der Waals surface area contributed by atoms with Gasteiger partial charge in [0.25, 0.3) is 0 Å². The van der Waals surface area contributed by atoms with Gasteiger partial charge >= 0.3 is 0 Å². The van der Waals surface area contributed by atoms with Gasteiger partial charge in [-0.1, -0.05) is 12.1 Å². The smallest absolute Gasteiger partial charge is 0.119 e. The van der Waals surface area contributed by atoms with Gasteiger partial charge in [0.2, 0.25) is 0 Å². The zero-order valence-electron chi connectivity index (χ0n) is 16.1. The molecule has 6 heteroatoms. The van der Waals surface area contributed by atoms with Gasteiger partial charge in [0.05, 0.1) is 13.1 Å². The van der Waals surface area contributed by atoms with Crippen LogP contribution in [0.15, 0.2) is 73.3 Å². The van der Waals surface area contributed by atoms with Crippen LogP contribution in [0.4, 0.5) is 0 Å². The minimum atomic E-state index is 0.599. The molecule has 6 nitrogen and oxygen atoms in total. The van der Waals surface area contributed by atoms with Crippen molar-refractivity contribution in [3.63, 3.8) is 0 Å². The standard InChI is InChI=1S/C23H22N4O2/c1-7-24-26(9-1)11-13-28-20-3-5-22-18(16-20)15-19-17-21(4-6-23(19)22)29-14-12-27-10-2-8-25-27/h1-10,16-17H,11-15H2. The van der Waals surface area contributed by atoms with E-state index in [1.165, 1.54) is 22.3 Å². The molecule has 0 unspecified atom stereocenters. The Morgan fingerprint density at radius 1 is 0.724 bits per heavy atom. The number of benzene rings is 2. The topological polar surface area (TPSA) is 54.1 Å². The second-order valence-electron chi connectivity index (χ2n) is 7.05. The Bertz CT molecular complexity index is 1000. The molecule has 2 aromatic carbocycles. The Hall–Kier alpha value is -3.54. The van der Waals surface area contributed by atoms with Crippen molar-refractivity contribution >= 4 is 0 Å². The number of hydrogen-bond acceptors (Lipinski definition) is 4. The lowest BCUT2D eigenvalue weighted by Crippen LogP contribution is -2.08. The van der Waals surface area contributed by atoms with E-state index in [9.17, 15) is 0 Å². The summed E-state index contributed by atoms with van der Waals surface area (Å²) < 4.78 is 15.6. The first-order valence-corrected chi connectivity index (χ1v) is 9.82. The molecule has 146 valence electrons. The fourth-order valence-corrected chi connectivity index (χ4v) is 3.72. The van der Waals surface area contributed by atoms with Crippen LogP contribution in [0.2, 0.25) is 0 Å². The highest BCUT2D eigenvalue weighted by Gasteiger charge is 2.19. The second kappa shape index (κ2) is 7.83. The van der Waals surface area contributed by atoms with E-state index in [-0.39, 0.29) is 0 Å². The molecule has 0 atom stereocenters. The molecule has 0 aliphatic heterocycles. The van der Waals surface area contributed by atoms with E-state index in [1.807, 2.05) is 46.0 Å². The molecule has 0 amide bonds. The lowest BCUT2D eigenvalue weighted by molar-refractivity contribution is 0.291. The van der Waals surface area contributed by atoms with Gasteiger partial charge in [-0.3, -0.25) is 9.36 Å². The number of hydrogen-bond donors (Lipinski definition) is 0. The summed E-state index contributed by atoms with van der Waals surface area (Å²) in [5.74, 6) is 1.80. The average molecular weight is 386 g/mol.